The molecule has 2 heteroatoms. The minimum atomic E-state index is -0.626. The van der Waals surface area contributed by atoms with Crippen LogP contribution < -0.4 is 0 Å². The number of rotatable bonds is 8. The van der Waals surface area contributed by atoms with Crippen LogP contribution in [0.5, 0.6) is 0 Å². The molecule has 0 unspecified atom stereocenters. The zero-order chi connectivity index (χ0) is 57.2. The van der Waals surface area contributed by atoms with Crippen LogP contribution in [0.3, 0.4) is 0 Å². The topological polar surface area (TPSA) is 9.86 Å². The third-order valence-electron chi connectivity index (χ3n) is 12.6. The van der Waals surface area contributed by atoms with Crippen LogP contribution in [-0.2, 0) is 0 Å². The average molecular weight is 879 g/mol. The first-order valence-corrected chi connectivity index (χ1v) is 22.3. The van der Waals surface area contributed by atoms with Crippen LogP contribution in [0, 0.1) is 0 Å². The Hall–Kier alpha value is -8.98. The number of hydrogen-bond donors (Lipinski definition) is 0. The lowest BCUT2D eigenvalue weighted by molar-refractivity contribution is 1.18. The molecule has 0 atom stereocenters. The lowest BCUT2D eigenvalue weighted by atomic mass is 9.97. The molecule has 2 aromatic heterocycles. The molecule has 0 spiro atoms. The van der Waals surface area contributed by atoms with Crippen LogP contribution in [0.1, 0.15) is 19.2 Å². The van der Waals surface area contributed by atoms with E-state index in [1.54, 1.807) is 30.3 Å². The number of para-hydroxylation sites is 2. The lowest BCUT2D eigenvalue weighted by Gasteiger charge is -2.12. The van der Waals surface area contributed by atoms with Gasteiger partial charge in [-0.3, -0.25) is 0 Å². The summed E-state index contributed by atoms with van der Waals surface area (Å²) in [6, 6.07) is 51.1. The van der Waals surface area contributed by atoms with Crippen molar-refractivity contribution in [1.29, 1.82) is 0 Å². The van der Waals surface area contributed by atoms with Gasteiger partial charge in [-0.15, -0.1) is 0 Å². The van der Waals surface area contributed by atoms with E-state index >= 15 is 0 Å². The van der Waals surface area contributed by atoms with Crippen molar-refractivity contribution in [2.45, 2.75) is 0 Å². The minimum Gasteiger partial charge on any atom is -0.309 e. The first-order chi connectivity index (χ1) is 39.5. The normalized spacial score (nSPS) is 14.4. The summed E-state index contributed by atoms with van der Waals surface area (Å²) in [5, 5.41) is -0.531. The van der Waals surface area contributed by atoms with Gasteiger partial charge in [0.25, 0.3) is 0 Å². The molecule has 0 fully saturated rings. The van der Waals surface area contributed by atoms with E-state index in [9.17, 15) is 13.7 Å². The summed E-state index contributed by atoms with van der Waals surface area (Å²) in [5.41, 5.74) is 9.16. The number of fused-ring (bicyclic) bond motifs is 6. The van der Waals surface area contributed by atoms with Crippen molar-refractivity contribution in [2.75, 3.05) is 0 Å². The van der Waals surface area contributed by atoms with E-state index in [1.165, 1.54) is 9.13 Å². The van der Waals surface area contributed by atoms with Gasteiger partial charge in [-0.25, -0.2) is 0 Å². The molecule has 2 heterocycles. The molecule has 0 N–H and O–H groups in total. The van der Waals surface area contributed by atoms with Crippen LogP contribution in [-0.4, -0.2) is 9.13 Å². The van der Waals surface area contributed by atoms with Crippen LogP contribution in [0.2, 0.25) is 0 Å². The molecule has 0 bridgehead atoms. The molecule has 0 amide bonds. The second-order valence-electron chi connectivity index (χ2n) is 16.6. The summed E-state index contributed by atoms with van der Waals surface area (Å²) in [6.07, 6.45) is 0. The number of aromatic nitrogens is 2. The Labute approximate surface area is 415 Å². The van der Waals surface area contributed by atoms with Gasteiger partial charge in [0.1, 0.15) is 0 Å². The monoisotopic (exact) mass is 878 g/mol. The molecule has 0 aliphatic carbocycles. The van der Waals surface area contributed by atoms with E-state index in [2.05, 4.69) is 42.5 Å². The van der Waals surface area contributed by atoms with Crippen LogP contribution in [0.15, 0.2) is 267 Å². The zero-order valence-corrected chi connectivity index (χ0v) is 36.2. The van der Waals surface area contributed by atoms with E-state index in [-0.39, 0.29) is 43.6 Å². The summed E-state index contributed by atoms with van der Waals surface area (Å²) < 4.78 is 134. The second kappa shape index (κ2) is 16.5. The highest BCUT2D eigenvalue weighted by atomic mass is 15.0. The molecule has 0 aliphatic rings. The molecule has 11 aromatic carbocycles. The third-order valence-corrected chi connectivity index (χ3v) is 12.6. The molecule has 68 heavy (non-hydrogen) atoms. The Balaban J connectivity index is 0.986. The molecule has 318 valence electrons. The van der Waals surface area contributed by atoms with Gasteiger partial charge in [0, 0.05) is 32.9 Å². The average Bonchev–Trinajstić information content (AvgIpc) is 2.18. The fourth-order valence-electron chi connectivity index (χ4n) is 9.27. The molecular weight excluding hydrogens is 821 g/mol. The smallest absolute Gasteiger partial charge is 0.0645 e. The highest BCUT2D eigenvalue weighted by Crippen LogP contribution is 2.39. The molecule has 13 rings (SSSR count). The SMILES string of the molecule is [2H]c1c([2H])c([2H])c2c(c1[2H])c1c([2H])c(-c3c([2H])c([2H])c4c(c3[2H])c3c([2H])c([2H])c([2H])c([2H])c3n4-c3cccc(-c4ccc(-c5ccccc5)cc4)c3)c([2H])c([2H])c1n2-c1ccc(-c2cccc(-c3ccc(-c4ccccc4)cc3)c2)cc1. The van der Waals surface area contributed by atoms with E-state index < -0.39 is 95.7 Å². The van der Waals surface area contributed by atoms with E-state index in [0.29, 0.717) is 11.4 Å². The Bertz CT molecular complexity index is 4800. The lowest BCUT2D eigenvalue weighted by Crippen LogP contribution is -1.94. The summed E-state index contributed by atoms with van der Waals surface area (Å²) in [4.78, 5) is 0. The van der Waals surface area contributed by atoms with E-state index in [0.717, 1.165) is 55.6 Å². The summed E-state index contributed by atoms with van der Waals surface area (Å²) in [7, 11) is 0. The van der Waals surface area contributed by atoms with Crippen molar-refractivity contribution in [2.24, 2.45) is 0 Å². The Kier molecular flexibility index (Phi) is 6.66. The van der Waals surface area contributed by atoms with Gasteiger partial charge in [0.15, 0.2) is 0 Å². The van der Waals surface area contributed by atoms with Crippen LogP contribution in [0.25, 0.3) is 122 Å². The van der Waals surface area contributed by atoms with Crippen molar-refractivity contribution in [3.8, 4) is 78.1 Å². The Morgan fingerprint density at radius 1 is 0.235 bits per heavy atom. The zero-order valence-electron chi connectivity index (χ0n) is 50.2. The van der Waals surface area contributed by atoms with Gasteiger partial charge in [-0.1, -0.05) is 200 Å². The van der Waals surface area contributed by atoms with Gasteiger partial charge in [0.2, 0.25) is 0 Å². The van der Waals surface area contributed by atoms with Gasteiger partial charge in [0.05, 0.1) is 41.3 Å². The first-order valence-electron chi connectivity index (χ1n) is 29.3. The first kappa shape index (κ1) is 27.5. The summed E-state index contributed by atoms with van der Waals surface area (Å²) >= 11 is 0. The van der Waals surface area contributed by atoms with Crippen molar-refractivity contribution < 1.29 is 19.2 Å². The predicted molar refractivity (Wildman–Crippen MR) is 288 cm³/mol. The standard InChI is InChI=1S/C66H44N2/c1-3-13-45(14-4-1)47-25-29-49(30-26-47)52-17-11-18-53(41-52)51-33-37-57(38-34-51)67-63-23-9-7-21-59(63)61-43-55(35-39-65(61)67)56-36-40-66-62(44-56)60-22-8-10-24-64(60)68(66)58-20-12-19-54(42-58)50-31-27-48(28-32-50)46-15-5-2-6-16-46/h1-44H/i7D,8D,9D,10D,21D,22D,23D,24D,35D,36D,39D,40D,43D,44D. The molecular formula is C66H44N2. The number of hydrogen-bond acceptors (Lipinski definition) is 0. The maximum absolute atomic E-state index is 10.0. The third kappa shape index (κ3) is 6.90. The Morgan fingerprint density at radius 3 is 1.07 bits per heavy atom. The largest absolute Gasteiger partial charge is 0.309 e. The molecule has 0 saturated heterocycles. The van der Waals surface area contributed by atoms with E-state index in [4.69, 9.17) is 5.48 Å². The van der Waals surface area contributed by atoms with Crippen LogP contribution in [0.4, 0.5) is 0 Å². The maximum atomic E-state index is 10.0. The Morgan fingerprint density at radius 2 is 0.588 bits per heavy atom. The van der Waals surface area contributed by atoms with Crippen molar-refractivity contribution in [3.63, 3.8) is 0 Å². The van der Waals surface area contributed by atoms with Crippen molar-refractivity contribution in [3.05, 3.63) is 267 Å². The fourth-order valence-corrected chi connectivity index (χ4v) is 9.27. The predicted octanol–water partition coefficient (Wildman–Crippen LogP) is 17.9. The highest BCUT2D eigenvalue weighted by Gasteiger charge is 2.17. The van der Waals surface area contributed by atoms with Gasteiger partial charge in [-0.05, 0) is 133 Å². The minimum absolute atomic E-state index is 0.0587. The molecule has 2 nitrogen and oxygen atoms in total. The van der Waals surface area contributed by atoms with Gasteiger partial charge >= 0.3 is 0 Å². The molecule has 13 aromatic rings. The van der Waals surface area contributed by atoms with Crippen molar-refractivity contribution in [1.82, 2.24) is 9.13 Å². The van der Waals surface area contributed by atoms with Crippen LogP contribution >= 0.6 is 0 Å². The summed E-state index contributed by atoms with van der Waals surface area (Å²) in [6.45, 7) is 0. The quantitative estimate of drug-likeness (QED) is 0.144. The number of nitrogens with zero attached hydrogens (tertiary/aromatic N) is 2. The second-order valence-corrected chi connectivity index (χ2v) is 16.6. The molecule has 0 radical (unpaired) electrons. The van der Waals surface area contributed by atoms with Gasteiger partial charge < -0.3 is 9.13 Å². The molecule has 0 saturated carbocycles. The summed E-state index contributed by atoms with van der Waals surface area (Å²) in [5.74, 6) is 0. The van der Waals surface area contributed by atoms with Gasteiger partial charge in [-0.2, -0.15) is 0 Å². The van der Waals surface area contributed by atoms with Crippen molar-refractivity contribution >= 4 is 43.6 Å². The maximum Gasteiger partial charge on any atom is 0.0645 e. The molecule has 0 aliphatic heterocycles. The number of benzene rings is 11. The van der Waals surface area contributed by atoms with E-state index in [1.807, 2.05) is 109 Å². The fraction of sp³-hybridized carbons (Fsp3) is 0. The highest BCUT2D eigenvalue weighted by molar-refractivity contribution is 6.12.